The molecule has 0 aromatic heterocycles. The zero-order chi connectivity index (χ0) is 10.6. The summed E-state index contributed by atoms with van der Waals surface area (Å²) in [5.41, 5.74) is 1.88. The van der Waals surface area contributed by atoms with Gasteiger partial charge in [-0.1, -0.05) is 28.1 Å². The van der Waals surface area contributed by atoms with E-state index in [9.17, 15) is 4.79 Å². The predicted molar refractivity (Wildman–Crippen MR) is 66.2 cm³/mol. The molecular formula is C11H13BrOS. The van der Waals surface area contributed by atoms with Gasteiger partial charge >= 0.3 is 0 Å². The van der Waals surface area contributed by atoms with Crippen LogP contribution in [0.15, 0.2) is 22.7 Å². The Kier molecular flexibility index (Phi) is 4.69. The minimum Gasteiger partial charge on any atom is -0.294 e. The molecule has 0 N–H and O–H groups in total. The van der Waals surface area contributed by atoms with Gasteiger partial charge in [0.25, 0.3) is 0 Å². The molecule has 1 rings (SSSR count). The molecule has 0 fully saturated rings. The topological polar surface area (TPSA) is 17.1 Å². The van der Waals surface area contributed by atoms with E-state index in [1.807, 2.05) is 31.4 Å². The molecule has 1 nitrogen and oxygen atoms in total. The van der Waals surface area contributed by atoms with E-state index in [1.165, 1.54) is 0 Å². The number of carbonyl (C=O) groups excluding carboxylic acids is 1. The van der Waals surface area contributed by atoms with E-state index in [4.69, 9.17) is 0 Å². The van der Waals surface area contributed by atoms with Gasteiger partial charge in [-0.25, -0.2) is 0 Å². The summed E-state index contributed by atoms with van der Waals surface area (Å²) in [5.74, 6) is 1.13. The van der Waals surface area contributed by atoms with Crippen LogP contribution in [-0.4, -0.2) is 17.8 Å². The first-order valence-corrected chi connectivity index (χ1v) is 6.62. The summed E-state index contributed by atoms with van der Waals surface area (Å²) < 4.78 is 1.01. The van der Waals surface area contributed by atoms with Crippen LogP contribution in [0.5, 0.6) is 0 Å². The third-order valence-corrected chi connectivity index (χ3v) is 3.57. The van der Waals surface area contributed by atoms with E-state index in [-0.39, 0.29) is 5.78 Å². The van der Waals surface area contributed by atoms with Crippen LogP contribution in [0.1, 0.15) is 22.3 Å². The van der Waals surface area contributed by atoms with Gasteiger partial charge in [-0.2, -0.15) is 11.8 Å². The Labute approximate surface area is 97.4 Å². The molecule has 3 heteroatoms. The van der Waals surface area contributed by atoms with Crippen LogP contribution in [-0.2, 0) is 0 Å². The molecule has 14 heavy (non-hydrogen) atoms. The number of benzene rings is 1. The fraction of sp³-hybridized carbons (Fsp3) is 0.364. The number of ketones is 1. The lowest BCUT2D eigenvalue weighted by Crippen LogP contribution is -2.03. The average molecular weight is 273 g/mol. The Morgan fingerprint density at radius 1 is 1.50 bits per heavy atom. The van der Waals surface area contributed by atoms with Gasteiger partial charge in [0, 0.05) is 22.2 Å². The zero-order valence-electron chi connectivity index (χ0n) is 8.34. The van der Waals surface area contributed by atoms with Gasteiger partial charge in [-0.05, 0) is 24.8 Å². The first kappa shape index (κ1) is 11.8. The summed E-state index contributed by atoms with van der Waals surface area (Å²) in [6.45, 7) is 1.97. The minimum atomic E-state index is 0.234. The fourth-order valence-electron chi connectivity index (χ4n) is 1.24. The van der Waals surface area contributed by atoms with E-state index in [0.29, 0.717) is 6.42 Å². The van der Waals surface area contributed by atoms with Gasteiger partial charge in [-0.15, -0.1) is 0 Å². The van der Waals surface area contributed by atoms with Crippen molar-refractivity contribution >= 4 is 33.5 Å². The van der Waals surface area contributed by atoms with Crippen molar-refractivity contribution in [3.63, 3.8) is 0 Å². The summed E-state index contributed by atoms with van der Waals surface area (Å²) in [7, 11) is 0. The molecule has 0 amide bonds. The monoisotopic (exact) mass is 272 g/mol. The van der Waals surface area contributed by atoms with Crippen molar-refractivity contribution < 1.29 is 4.79 Å². The average Bonchev–Trinajstić information content (AvgIpc) is 2.18. The number of thioether (sulfide) groups is 1. The highest BCUT2D eigenvalue weighted by molar-refractivity contribution is 9.10. The molecule has 76 valence electrons. The maximum atomic E-state index is 11.7. The molecule has 1 aromatic rings. The van der Waals surface area contributed by atoms with Gasteiger partial charge in [0.15, 0.2) is 5.78 Å². The standard InChI is InChI=1S/C11H13BrOS/c1-8-9(4-3-5-10(8)12)11(13)6-7-14-2/h3-5H,6-7H2,1-2H3. The predicted octanol–water partition coefficient (Wildman–Crippen LogP) is 3.69. The molecule has 1 aromatic carbocycles. The first-order chi connectivity index (χ1) is 6.66. The van der Waals surface area contributed by atoms with Gasteiger partial charge in [0.1, 0.15) is 0 Å². The molecule has 0 heterocycles. The molecule has 0 aliphatic rings. The van der Waals surface area contributed by atoms with Gasteiger partial charge in [-0.3, -0.25) is 4.79 Å². The second-order valence-electron chi connectivity index (χ2n) is 3.08. The summed E-state index contributed by atoms with van der Waals surface area (Å²) in [4.78, 5) is 11.7. The normalized spacial score (nSPS) is 10.2. The van der Waals surface area contributed by atoms with E-state index in [2.05, 4.69) is 15.9 Å². The zero-order valence-corrected chi connectivity index (χ0v) is 10.7. The van der Waals surface area contributed by atoms with Crippen molar-refractivity contribution in [1.82, 2.24) is 0 Å². The maximum Gasteiger partial charge on any atom is 0.164 e. The van der Waals surface area contributed by atoms with Crippen molar-refractivity contribution in [1.29, 1.82) is 0 Å². The van der Waals surface area contributed by atoms with Crippen molar-refractivity contribution in [3.05, 3.63) is 33.8 Å². The number of halogens is 1. The van der Waals surface area contributed by atoms with Crippen LogP contribution < -0.4 is 0 Å². The molecule has 0 aliphatic carbocycles. The number of Topliss-reactive ketones (excluding diaryl/α,β-unsaturated/α-hetero) is 1. The van der Waals surface area contributed by atoms with Gasteiger partial charge < -0.3 is 0 Å². The van der Waals surface area contributed by atoms with Crippen LogP contribution in [0.25, 0.3) is 0 Å². The summed E-state index contributed by atoms with van der Waals surface area (Å²) >= 11 is 5.13. The Balaban J connectivity index is 2.84. The number of hydrogen-bond donors (Lipinski definition) is 0. The van der Waals surface area contributed by atoms with Crippen LogP contribution in [0.2, 0.25) is 0 Å². The Bertz CT molecular complexity index is 336. The van der Waals surface area contributed by atoms with Crippen LogP contribution in [0.4, 0.5) is 0 Å². The lowest BCUT2D eigenvalue weighted by Gasteiger charge is -2.05. The number of carbonyl (C=O) groups is 1. The molecule has 0 bridgehead atoms. The highest BCUT2D eigenvalue weighted by atomic mass is 79.9. The van der Waals surface area contributed by atoms with Crippen molar-refractivity contribution in [3.8, 4) is 0 Å². The van der Waals surface area contributed by atoms with Crippen molar-refractivity contribution in [2.24, 2.45) is 0 Å². The van der Waals surface area contributed by atoms with E-state index < -0.39 is 0 Å². The Morgan fingerprint density at radius 2 is 2.21 bits per heavy atom. The quantitative estimate of drug-likeness (QED) is 0.778. The van der Waals surface area contributed by atoms with Crippen molar-refractivity contribution in [2.45, 2.75) is 13.3 Å². The molecule has 0 atom stereocenters. The first-order valence-electron chi connectivity index (χ1n) is 4.44. The molecule has 0 saturated heterocycles. The summed E-state index contributed by atoms with van der Waals surface area (Å²) in [5, 5.41) is 0. The SMILES string of the molecule is CSCCC(=O)c1cccc(Br)c1C. The smallest absolute Gasteiger partial charge is 0.164 e. The maximum absolute atomic E-state index is 11.7. The fourth-order valence-corrected chi connectivity index (χ4v) is 1.99. The molecule has 0 spiro atoms. The molecule has 0 radical (unpaired) electrons. The summed E-state index contributed by atoms with van der Waals surface area (Å²) in [6.07, 6.45) is 2.64. The van der Waals surface area contributed by atoms with Crippen molar-refractivity contribution in [2.75, 3.05) is 12.0 Å². The molecule has 0 saturated carbocycles. The second kappa shape index (κ2) is 5.56. The van der Waals surface area contributed by atoms with Crippen LogP contribution in [0, 0.1) is 6.92 Å². The third kappa shape index (κ3) is 2.85. The number of hydrogen-bond acceptors (Lipinski definition) is 2. The second-order valence-corrected chi connectivity index (χ2v) is 4.92. The Morgan fingerprint density at radius 3 is 2.86 bits per heavy atom. The van der Waals surface area contributed by atoms with Gasteiger partial charge in [0.05, 0.1) is 0 Å². The minimum absolute atomic E-state index is 0.234. The molecule has 0 unspecified atom stereocenters. The molecular weight excluding hydrogens is 260 g/mol. The van der Waals surface area contributed by atoms with Crippen LogP contribution >= 0.6 is 27.7 Å². The Hall–Kier alpha value is -0.280. The van der Waals surface area contributed by atoms with Crippen LogP contribution in [0.3, 0.4) is 0 Å². The molecule has 0 aliphatic heterocycles. The lowest BCUT2D eigenvalue weighted by atomic mass is 10.0. The summed E-state index contributed by atoms with van der Waals surface area (Å²) in [6, 6.07) is 5.76. The van der Waals surface area contributed by atoms with E-state index in [0.717, 1.165) is 21.4 Å². The highest BCUT2D eigenvalue weighted by Gasteiger charge is 2.09. The van der Waals surface area contributed by atoms with Gasteiger partial charge in [0.2, 0.25) is 0 Å². The number of rotatable bonds is 4. The third-order valence-electron chi connectivity index (χ3n) is 2.10. The largest absolute Gasteiger partial charge is 0.294 e. The lowest BCUT2D eigenvalue weighted by molar-refractivity contribution is 0.0989. The van der Waals surface area contributed by atoms with E-state index >= 15 is 0 Å². The highest BCUT2D eigenvalue weighted by Crippen LogP contribution is 2.20. The van der Waals surface area contributed by atoms with E-state index in [1.54, 1.807) is 11.8 Å².